The van der Waals surface area contributed by atoms with Crippen LogP contribution in [-0.2, 0) is 6.54 Å². The molecule has 1 aliphatic carbocycles. The number of nitrogens with one attached hydrogen (secondary N) is 2. The van der Waals surface area contributed by atoms with E-state index in [0.29, 0.717) is 17.7 Å². The maximum absolute atomic E-state index is 5.56. The van der Waals surface area contributed by atoms with E-state index in [2.05, 4.69) is 53.9 Å². The summed E-state index contributed by atoms with van der Waals surface area (Å²) in [6.07, 6.45) is 4.69. The SMILES string of the molecule is COc1cc(OC)c(OC)cc1CNCC1CCC(Nc2cc(N(C)C)c3ccccc3n2)CC1. The number of para-hydroxylation sites is 1. The molecule has 7 heteroatoms. The number of hydrogen-bond acceptors (Lipinski definition) is 7. The number of aromatic nitrogens is 1. The summed E-state index contributed by atoms with van der Waals surface area (Å²) in [5.41, 5.74) is 3.30. The molecule has 0 aliphatic heterocycles. The molecule has 188 valence electrons. The van der Waals surface area contributed by atoms with E-state index in [9.17, 15) is 0 Å². The van der Waals surface area contributed by atoms with Gasteiger partial charge in [0.15, 0.2) is 11.5 Å². The van der Waals surface area contributed by atoms with Gasteiger partial charge in [0.25, 0.3) is 0 Å². The van der Waals surface area contributed by atoms with Crippen LogP contribution in [-0.4, -0.2) is 53.0 Å². The molecule has 0 saturated heterocycles. The Balaban J connectivity index is 1.30. The summed E-state index contributed by atoms with van der Waals surface area (Å²) in [6, 6.07) is 14.8. The summed E-state index contributed by atoms with van der Waals surface area (Å²) in [6.45, 7) is 1.72. The Bertz CT molecular complexity index is 1130. The third-order valence-electron chi connectivity index (χ3n) is 6.91. The Kier molecular flexibility index (Phi) is 8.18. The molecule has 0 unspecified atom stereocenters. The highest BCUT2D eigenvalue weighted by atomic mass is 16.5. The van der Waals surface area contributed by atoms with Gasteiger partial charge in [-0.25, -0.2) is 4.98 Å². The Morgan fingerprint density at radius 1 is 0.886 bits per heavy atom. The Labute approximate surface area is 208 Å². The molecule has 1 heterocycles. The predicted octanol–water partition coefficient (Wildman–Crippen LogP) is 5.09. The van der Waals surface area contributed by atoms with E-state index < -0.39 is 0 Å². The number of ether oxygens (including phenoxy) is 3. The van der Waals surface area contributed by atoms with E-state index >= 15 is 0 Å². The predicted molar refractivity (Wildman–Crippen MR) is 143 cm³/mol. The van der Waals surface area contributed by atoms with Gasteiger partial charge < -0.3 is 29.7 Å². The summed E-state index contributed by atoms with van der Waals surface area (Å²) in [5.74, 6) is 3.84. The van der Waals surface area contributed by atoms with Crippen molar-refractivity contribution in [2.24, 2.45) is 5.92 Å². The summed E-state index contributed by atoms with van der Waals surface area (Å²) >= 11 is 0. The number of fused-ring (bicyclic) bond motifs is 1. The van der Waals surface area contributed by atoms with Crippen LogP contribution in [0.15, 0.2) is 42.5 Å². The van der Waals surface area contributed by atoms with Gasteiger partial charge in [-0.1, -0.05) is 18.2 Å². The molecule has 1 aliphatic rings. The number of hydrogen-bond donors (Lipinski definition) is 2. The topological polar surface area (TPSA) is 67.9 Å². The van der Waals surface area contributed by atoms with Gasteiger partial charge in [-0.05, 0) is 50.3 Å². The van der Waals surface area contributed by atoms with Gasteiger partial charge in [-0.2, -0.15) is 0 Å². The van der Waals surface area contributed by atoms with Crippen molar-refractivity contribution >= 4 is 22.4 Å². The first-order chi connectivity index (χ1) is 17.0. The first kappa shape index (κ1) is 24.9. The van der Waals surface area contributed by atoms with Gasteiger partial charge in [0, 0.05) is 55.5 Å². The van der Waals surface area contributed by atoms with Crippen molar-refractivity contribution in [1.29, 1.82) is 0 Å². The molecule has 0 bridgehead atoms. The number of pyridine rings is 1. The minimum Gasteiger partial charge on any atom is -0.496 e. The van der Waals surface area contributed by atoms with E-state index in [1.165, 1.54) is 23.9 Å². The molecule has 2 aromatic carbocycles. The Morgan fingerprint density at radius 2 is 1.57 bits per heavy atom. The monoisotopic (exact) mass is 478 g/mol. The molecule has 0 spiro atoms. The van der Waals surface area contributed by atoms with Crippen LogP contribution >= 0.6 is 0 Å². The van der Waals surface area contributed by atoms with Gasteiger partial charge in [-0.15, -0.1) is 0 Å². The maximum atomic E-state index is 5.56. The number of methoxy groups -OCH3 is 3. The first-order valence-corrected chi connectivity index (χ1v) is 12.4. The molecule has 1 saturated carbocycles. The normalized spacial score (nSPS) is 17.7. The van der Waals surface area contributed by atoms with E-state index in [4.69, 9.17) is 19.2 Å². The summed E-state index contributed by atoms with van der Waals surface area (Å²) in [5, 5.41) is 8.52. The average molecular weight is 479 g/mol. The molecule has 7 nitrogen and oxygen atoms in total. The molecule has 35 heavy (non-hydrogen) atoms. The fraction of sp³-hybridized carbons (Fsp3) is 0.464. The van der Waals surface area contributed by atoms with Crippen molar-refractivity contribution in [1.82, 2.24) is 10.3 Å². The van der Waals surface area contributed by atoms with Crippen LogP contribution < -0.4 is 29.7 Å². The second-order valence-corrected chi connectivity index (χ2v) is 9.45. The third kappa shape index (κ3) is 5.90. The van der Waals surface area contributed by atoms with Crippen molar-refractivity contribution in [2.75, 3.05) is 52.2 Å². The van der Waals surface area contributed by atoms with E-state index in [1.807, 2.05) is 18.2 Å². The third-order valence-corrected chi connectivity index (χ3v) is 6.91. The fourth-order valence-electron chi connectivity index (χ4n) is 4.96. The molecule has 3 aromatic rings. The van der Waals surface area contributed by atoms with Crippen LogP contribution in [0.5, 0.6) is 17.2 Å². The van der Waals surface area contributed by atoms with E-state index in [1.54, 1.807) is 21.3 Å². The number of rotatable bonds is 10. The highest BCUT2D eigenvalue weighted by Gasteiger charge is 2.22. The lowest BCUT2D eigenvalue weighted by atomic mass is 9.86. The van der Waals surface area contributed by atoms with Gasteiger partial charge >= 0.3 is 0 Å². The molecule has 2 N–H and O–H groups in total. The van der Waals surface area contributed by atoms with Crippen molar-refractivity contribution in [3.63, 3.8) is 0 Å². The molecular weight excluding hydrogens is 440 g/mol. The Morgan fingerprint density at radius 3 is 2.26 bits per heavy atom. The Hall–Kier alpha value is -3.19. The highest BCUT2D eigenvalue weighted by molar-refractivity contribution is 5.93. The second kappa shape index (κ2) is 11.5. The quantitative estimate of drug-likeness (QED) is 0.421. The van der Waals surface area contributed by atoms with Crippen LogP contribution in [0.25, 0.3) is 10.9 Å². The number of nitrogens with zero attached hydrogens (tertiary/aromatic N) is 2. The van der Waals surface area contributed by atoms with Crippen LogP contribution in [0.3, 0.4) is 0 Å². The largest absolute Gasteiger partial charge is 0.496 e. The lowest BCUT2D eigenvalue weighted by Crippen LogP contribution is -2.31. The lowest BCUT2D eigenvalue weighted by molar-refractivity contribution is 0.322. The van der Waals surface area contributed by atoms with E-state index in [-0.39, 0.29) is 0 Å². The van der Waals surface area contributed by atoms with Crippen molar-refractivity contribution in [3.05, 3.63) is 48.0 Å². The summed E-state index contributed by atoms with van der Waals surface area (Å²) in [4.78, 5) is 7.03. The zero-order chi connectivity index (χ0) is 24.8. The van der Waals surface area contributed by atoms with Gasteiger partial charge in [0.1, 0.15) is 11.6 Å². The zero-order valence-electron chi connectivity index (χ0n) is 21.6. The van der Waals surface area contributed by atoms with Gasteiger partial charge in [0.2, 0.25) is 0 Å². The standard InChI is InChI=1S/C28H38N4O3/c1-32(2)24-15-28(31-23-9-7-6-8-22(23)24)30-21-12-10-19(11-13-21)17-29-18-20-14-26(34-4)27(35-5)16-25(20)33-3/h6-9,14-16,19,21,29H,10-13,17-18H2,1-5H3,(H,30,31). The highest BCUT2D eigenvalue weighted by Crippen LogP contribution is 2.35. The molecule has 0 amide bonds. The number of anilines is 2. The molecular formula is C28H38N4O3. The van der Waals surface area contributed by atoms with Crippen LogP contribution in [0, 0.1) is 5.92 Å². The average Bonchev–Trinajstić information content (AvgIpc) is 2.88. The van der Waals surface area contributed by atoms with Crippen LogP contribution in [0.1, 0.15) is 31.2 Å². The molecule has 0 radical (unpaired) electrons. The minimum atomic E-state index is 0.459. The lowest BCUT2D eigenvalue weighted by Gasteiger charge is -2.30. The van der Waals surface area contributed by atoms with Crippen LogP contribution in [0.2, 0.25) is 0 Å². The van der Waals surface area contributed by atoms with Crippen LogP contribution in [0.4, 0.5) is 11.5 Å². The smallest absolute Gasteiger partial charge is 0.164 e. The van der Waals surface area contributed by atoms with E-state index in [0.717, 1.165) is 54.3 Å². The first-order valence-electron chi connectivity index (χ1n) is 12.4. The van der Waals surface area contributed by atoms with Crippen molar-refractivity contribution in [2.45, 2.75) is 38.3 Å². The van der Waals surface area contributed by atoms with Gasteiger partial charge in [-0.3, -0.25) is 0 Å². The molecule has 0 atom stereocenters. The summed E-state index contributed by atoms with van der Waals surface area (Å²) in [7, 11) is 9.15. The van der Waals surface area contributed by atoms with Crippen molar-refractivity contribution in [3.8, 4) is 17.2 Å². The zero-order valence-corrected chi connectivity index (χ0v) is 21.6. The van der Waals surface area contributed by atoms with Gasteiger partial charge in [0.05, 0.1) is 26.8 Å². The molecule has 1 fully saturated rings. The van der Waals surface area contributed by atoms with Crippen molar-refractivity contribution < 1.29 is 14.2 Å². The summed E-state index contributed by atoms with van der Waals surface area (Å²) < 4.78 is 16.4. The second-order valence-electron chi connectivity index (χ2n) is 9.45. The fourth-order valence-corrected chi connectivity index (χ4v) is 4.96. The maximum Gasteiger partial charge on any atom is 0.164 e. The minimum absolute atomic E-state index is 0.459. The molecule has 4 rings (SSSR count). The molecule has 1 aromatic heterocycles. The number of benzene rings is 2.